The largest absolute Gasteiger partial charge is 0.471 e. The van der Waals surface area contributed by atoms with Gasteiger partial charge in [-0.3, -0.25) is 4.79 Å². The highest BCUT2D eigenvalue weighted by atomic mass is 35.5. The highest BCUT2D eigenvalue weighted by Crippen LogP contribution is 2.16. The van der Waals surface area contributed by atoms with E-state index >= 15 is 0 Å². The summed E-state index contributed by atoms with van der Waals surface area (Å²) in [5, 5.41) is -0.0459. The smallest absolute Gasteiger partial charge is 0.273 e. The maximum Gasteiger partial charge on any atom is 0.273 e. The number of hydrogen-bond acceptors (Lipinski definition) is 4. The Labute approximate surface area is 86.0 Å². The molecule has 0 radical (unpaired) electrons. The molecule has 0 aliphatic rings. The van der Waals surface area contributed by atoms with Gasteiger partial charge in [0, 0.05) is 7.11 Å². The molecule has 0 aliphatic carbocycles. The topological polar surface area (TPSA) is 64.2 Å². The minimum Gasteiger partial charge on any atom is -0.471 e. The van der Waals surface area contributed by atoms with Crippen LogP contribution in [0, 0.1) is 0 Å². The quantitative estimate of drug-likeness (QED) is 0.813. The van der Waals surface area contributed by atoms with E-state index in [4.69, 9.17) is 21.1 Å². The first kappa shape index (κ1) is 11.0. The van der Waals surface area contributed by atoms with Gasteiger partial charge < -0.3 is 14.5 Å². The lowest BCUT2D eigenvalue weighted by Gasteiger charge is -2.12. The van der Waals surface area contributed by atoms with E-state index in [1.165, 1.54) is 6.33 Å². The van der Waals surface area contributed by atoms with Crippen molar-refractivity contribution >= 4 is 11.6 Å². The minimum atomic E-state index is -0.415. The summed E-state index contributed by atoms with van der Waals surface area (Å²) in [5.41, 5.74) is -0.415. The summed E-state index contributed by atoms with van der Waals surface area (Å²) in [7, 11) is 1.56. The van der Waals surface area contributed by atoms with Gasteiger partial charge in [0.1, 0.15) is 6.10 Å². The molecule has 1 aromatic heterocycles. The summed E-state index contributed by atoms with van der Waals surface area (Å²) in [6, 6.07) is 0. The number of H-pyrrole nitrogens is 1. The van der Waals surface area contributed by atoms with Gasteiger partial charge in [-0.1, -0.05) is 11.6 Å². The predicted octanol–water partition coefficient (Wildman–Crippen LogP) is 0.837. The van der Waals surface area contributed by atoms with Crippen molar-refractivity contribution < 1.29 is 9.47 Å². The number of halogens is 1. The molecule has 1 atom stereocenters. The van der Waals surface area contributed by atoms with Gasteiger partial charge in [-0.25, -0.2) is 4.98 Å². The maximum absolute atomic E-state index is 11.0. The molecule has 0 amide bonds. The Kier molecular flexibility index (Phi) is 3.91. The van der Waals surface area contributed by atoms with Crippen LogP contribution in [0.1, 0.15) is 6.92 Å². The summed E-state index contributed by atoms with van der Waals surface area (Å²) in [6.07, 6.45) is 1.04. The number of aromatic amines is 1. The van der Waals surface area contributed by atoms with Crippen LogP contribution < -0.4 is 10.3 Å². The fourth-order valence-electron chi connectivity index (χ4n) is 0.908. The zero-order chi connectivity index (χ0) is 10.6. The first-order valence-corrected chi connectivity index (χ1v) is 4.41. The second-order valence-electron chi connectivity index (χ2n) is 2.73. The van der Waals surface area contributed by atoms with E-state index in [0.29, 0.717) is 6.61 Å². The maximum atomic E-state index is 11.0. The van der Waals surface area contributed by atoms with Crippen LogP contribution in [-0.4, -0.2) is 29.8 Å². The first-order valence-electron chi connectivity index (χ1n) is 4.04. The predicted molar refractivity (Wildman–Crippen MR) is 51.8 cm³/mol. The van der Waals surface area contributed by atoms with Crippen LogP contribution in [0.5, 0.6) is 5.88 Å². The summed E-state index contributed by atoms with van der Waals surface area (Å²) in [4.78, 5) is 17.2. The highest BCUT2D eigenvalue weighted by molar-refractivity contribution is 6.31. The van der Waals surface area contributed by atoms with Crippen LogP contribution >= 0.6 is 11.6 Å². The van der Waals surface area contributed by atoms with E-state index in [-0.39, 0.29) is 17.0 Å². The molecule has 5 nitrogen and oxygen atoms in total. The molecule has 0 fully saturated rings. The molecule has 1 unspecified atom stereocenters. The van der Waals surface area contributed by atoms with E-state index in [2.05, 4.69) is 9.97 Å². The summed E-state index contributed by atoms with van der Waals surface area (Å²) >= 11 is 5.67. The number of nitrogens with zero attached hydrogens (tertiary/aromatic N) is 1. The Morgan fingerprint density at radius 1 is 1.71 bits per heavy atom. The number of rotatable bonds is 4. The molecular weight excluding hydrogens is 208 g/mol. The van der Waals surface area contributed by atoms with Crippen molar-refractivity contribution in [2.75, 3.05) is 13.7 Å². The average molecular weight is 219 g/mol. The molecule has 14 heavy (non-hydrogen) atoms. The van der Waals surface area contributed by atoms with Crippen LogP contribution in [0.15, 0.2) is 11.1 Å². The molecule has 0 saturated carbocycles. The lowest BCUT2D eigenvalue weighted by atomic mass is 10.4. The van der Waals surface area contributed by atoms with Gasteiger partial charge in [0.2, 0.25) is 5.88 Å². The summed E-state index contributed by atoms with van der Waals surface area (Å²) < 4.78 is 10.1. The second kappa shape index (κ2) is 4.97. The Balaban J connectivity index is 2.76. The number of aromatic nitrogens is 2. The molecule has 0 saturated heterocycles. The van der Waals surface area contributed by atoms with Gasteiger partial charge in [-0.2, -0.15) is 0 Å². The monoisotopic (exact) mass is 218 g/mol. The first-order chi connectivity index (χ1) is 6.65. The van der Waals surface area contributed by atoms with Crippen molar-refractivity contribution in [2.24, 2.45) is 0 Å². The van der Waals surface area contributed by atoms with Crippen molar-refractivity contribution in [2.45, 2.75) is 13.0 Å². The van der Waals surface area contributed by atoms with E-state index in [0.717, 1.165) is 0 Å². The molecule has 1 N–H and O–H groups in total. The van der Waals surface area contributed by atoms with E-state index in [1.54, 1.807) is 14.0 Å². The van der Waals surface area contributed by atoms with E-state index in [9.17, 15) is 4.79 Å². The van der Waals surface area contributed by atoms with Crippen LogP contribution in [0.3, 0.4) is 0 Å². The summed E-state index contributed by atoms with van der Waals surface area (Å²) in [6.45, 7) is 2.20. The third-order valence-electron chi connectivity index (χ3n) is 1.48. The minimum absolute atomic E-state index is 0.0459. The van der Waals surface area contributed by atoms with Crippen LogP contribution in [0.4, 0.5) is 0 Å². The third-order valence-corrected chi connectivity index (χ3v) is 1.81. The Morgan fingerprint density at radius 2 is 2.43 bits per heavy atom. The summed E-state index contributed by atoms with van der Waals surface area (Å²) in [5.74, 6) is 0.125. The van der Waals surface area contributed by atoms with Crippen LogP contribution in [0.25, 0.3) is 0 Å². The normalized spacial score (nSPS) is 12.5. The van der Waals surface area contributed by atoms with Crippen molar-refractivity contribution in [3.63, 3.8) is 0 Å². The zero-order valence-electron chi connectivity index (χ0n) is 7.91. The van der Waals surface area contributed by atoms with Crippen molar-refractivity contribution in [1.82, 2.24) is 9.97 Å². The fourth-order valence-corrected chi connectivity index (χ4v) is 1.06. The second-order valence-corrected chi connectivity index (χ2v) is 3.11. The van der Waals surface area contributed by atoms with Gasteiger partial charge >= 0.3 is 0 Å². The third kappa shape index (κ3) is 2.71. The molecule has 6 heteroatoms. The highest BCUT2D eigenvalue weighted by Gasteiger charge is 2.10. The molecular formula is C8H11ClN2O3. The molecule has 0 aromatic carbocycles. The van der Waals surface area contributed by atoms with Gasteiger partial charge in [-0.15, -0.1) is 0 Å². The number of ether oxygens (including phenoxy) is 2. The van der Waals surface area contributed by atoms with Gasteiger partial charge in [0.15, 0.2) is 5.02 Å². The van der Waals surface area contributed by atoms with E-state index < -0.39 is 5.56 Å². The molecule has 0 bridgehead atoms. The molecule has 78 valence electrons. The Morgan fingerprint density at radius 3 is 3.07 bits per heavy atom. The fraction of sp³-hybridized carbons (Fsp3) is 0.500. The molecule has 1 heterocycles. The Bertz CT molecular complexity index is 353. The number of nitrogens with one attached hydrogen (secondary N) is 1. The van der Waals surface area contributed by atoms with Crippen LogP contribution in [-0.2, 0) is 4.74 Å². The lowest BCUT2D eigenvalue weighted by Crippen LogP contribution is -2.20. The van der Waals surface area contributed by atoms with Crippen LogP contribution in [0.2, 0.25) is 5.02 Å². The van der Waals surface area contributed by atoms with Crippen molar-refractivity contribution in [3.8, 4) is 5.88 Å². The molecule has 0 spiro atoms. The Hall–Kier alpha value is -1.07. The SMILES string of the molecule is COCC(C)Oc1nc[nH]c(=O)c1Cl. The van der Waals surface area contributed by atoms with Crippen molar-refractivity contribution in [1.29, 1.82) is 0 Å². The lowest BCUT2D eigenvalue weighted by molar-refractivity contribution is 0.0888. The molecule has 1 aromatic rings. The van der Waals surface area contributed by atoms with Gasteiger partial charge in [0.05, 0.1) is 12.9 Å². The van der Waals surface area contributed by atoms with Gasteiger partial charge in [-0.05, 0) is 6.92 Å². The number of hydrogen-bond donors (Lipinski definition) is 1. The molecule has 0 aliphatic heterocycles. The van der Waals surface area contributed by atoms with E-state index in [1.807, 2.05) is 0 Å². The average Bonchev–Trinajstić information content (AvgIpc) is 2.13. The standard InChI is InChI=1S/C8H11ClN2O3/c1-5(3-13-2)14-8-6(9)7(12)10-4-11-8/h4-5H,3H2,1-2H3,(H,10,11,12). The molecule has 1 rings (SSSR count). The van der Waals surface area contributed by atoms with Gasteiger partial charge in [0.25, 0.3) is 5.56 Å². The van der Waals surface area contributed by atoms with Crippen molar-refractivity contribution in [3.05, 3.63) is 21.7 Å². The zero-order valence-corrected chi connectivity index (χ0v) is 8.67. The number of methoxy groups -OCH3 is 1.